The lowest BCUT2D eigenvalue weighted by Gasteiger charge is -2.40. The van der Waals surface area contributed by atoms with Gasteiger partial charge in [-0.1, -0.05) is 57.2 Å². The highest BCUT2D eigenvalue weighted by Crippen LogP contribution is 2.38. The number of hydrogen-bond acceptors (Lipinski definition) is 7. The Morgan fingerprint density at radius 2 is 1.80 bits per heavy atom. The van der Waals surface area contributed by atoms with Crippen molar-refractivity contribution in [2.75, 3.05) is 26.0 Å². The van der Waals surface area contributed by atoms with Crippen LogP contribution in [0.15, 0.2) is 67.3 Å². The van der Waals surface area contributed by atoms with Crippen LogP contribution >= 0.6 is 0 Å². The Morgan fingerprint density at radius 1 is 1.10 bits per heavy atom. The molecule has 0 spiro atoms. The van der Waals surface area contributed by atoms with Crippen molar-refractivity contribution in [2.45, 2.75) is 58.0 Å². The van der Waals surface area contributed by atoms with Gasteiger partial charge in [-0.25, -0.2) is 9.97 Å². The summed E-state index contributed by atoms with van der Waals surface area (Å²) in [4.78, 5) is 24.2. The van der Waals surface area contributed by atoms with E-state index >= 15 is 0 Å². The predicted octanol–water partition coefficient (Wildman–Crippen LogP) is 5.97. The molecule has 1 atom stereocenters. The van der Waals surface area contributed by atoms with Gasteiger partial charge in [0.15, 0.2) is 19.8 Å². The molecule has 2 heterocycles. The summed E-state index contributed by atoms with van der Waals surface area (Å²) in [5, 5.41) is 0.0453. The Hall–Kier alpha value is -3.69. The second-order valence-electron chi connectivity index (χ2n) is 11.6. The first kappa shape index (κ1) is 29.3. The van der Waals surface area contributed by atoms with E-state index in [1.807, 2.05) is 35.2 Å². The van der Waals surface area contributed by atoms with E-state index in [0.717, 1.165) is 16.7 Å². The van der Waals surface area contributed by atoms with Gasteiger partial charge in [0.05, 0.1) is 25.3 Å². The summed E-state index contributed by atoms with van der Waals surface area (Å²) < 4.78 is 18.2. The van der Waals surface area contributed by atoms with E-state index in [2.05, 4.69) is 49.9 Å². The number of ether oxygens (including phenoxy) is 2. The van der Waals surface area contributed by atoms with Gasteiger partial charge in [-0.15, -0.1) is 0 Å². The summed E-state index contributed by atoms with van der Waals surface area (Å²) in [5.41, 5.74) is 10.2. The standard InChI is InChI=1S/C31H40N4O4Si/c1-31(2,3)40(5,6)39-20-25-14-23(24-17-33-21-34-18-24)12-13-35(25)30(36)26-15-28(37-4)29(16-27(26)32)38-19-22-10-8-7-9-11-22/h7-11,14-18,21,25H,12-13,19-20,32H2,1-6H3/t25-/m0/s1. The van der Waals surface area contributed by atoms with E-state index in [-0.39, 0.29) is 17.0 Å². The summed E-state index contributed by atoms with van der Waals surface area (Å²) in [5.74, 6) is 0.772. The Morgan fingerprint density at radius 3 is 2.45 bits per heavy atom. The van der Waals surface area contributed by atoms with Gasteiger partial charge in [0, 0.05) is 36.3 Å². The topological polar surface area (TPSA) is 99.8 Å². The molecule has 2 aromatic carbocycles. The van der Waals surface area contributed by atoms with Gasteiger partial charge in [0.1, 0.15) is 12.9 Å². The molecule has 1 amide bonds. The molecule has 0 saturated carbocycles. The van der Waals surface area contributed by atoms with Crippen molar-refractivity contribution in [1.29, 1.82) is 0 Å². The summed E-state index contributed by atoms with van der Waals surface area (Å²) in [6, 6.07) is 12.9. The number of rotatable bonds is 9. The van der Waals surface area contributed by atoms with Crippen molar-refractivity contribution in [3.8, 4) is 11.5 Å². The molecule has 1 aromatic heterocycles. The highest BCUT2D eigenvalue weighted by atomic mass is 28.4. The van der Waals surface area contributed by atoms with Crippen LogP contribution in [0.1, 0.15) is 48.7 Å². The molecule has 9 heteroatoms. The maximum absolute atomic E-state index is 14.0. The normalized spacial score (nSPS) is 15.9. The molecule has 8 nitrogen and oxygen atoms in total. The van der Waals surface area contributed by atoms with E-state index in [1.165, 1.54) is 6.33 Å². The molecule has 0 bridgehead atoms. The van der Waals surface area contributed by atoms with Gasteiger partial charge in [-0.2, -0.15) is 0 Å². The maximum Gasteiger partial charge on any atom is 0.256 e. The molecule has 4 rings (SSSR count). The summed E-state index contributed by atoms with van der Waals surface area (Å²) in [6.07, 6.45) is 7.91. The van der Waals surface area contributed by atoms with Gasteiger partial charge < -0.3 is 24.5 Å². The second-order valence-corrected chi connectivity index (χ2v) is 16.4. The number of anilines is 1. The van der Waals surface area contributed by atoms with Crippen molar-refractivity contribution in [3.05, 3.63) is 84.0 Å². The highest BCUT2D eigenvalue weighted by Gasteiger charge is 2.39. The first-order valence-corrected chi connectivity index (χ1v) is 16.5. The van der Waals surface area contributed by atoms with Crippen molar-refractivity contribution < 1.29 is 18.7 Å². The van der Waals surface area contributed by atoms with Gasteiger partial charge in [0.25, 0.3) is 5.91 Å². The van der Waals surface area contributed by atoms with Crippen molar-refractivity contribution in [3.63, 3.8) is 0 Å². The molecule has 0 saturated heterocycles. The number of nitrogens with two attached hydrogens (primary N) is 1. The monoisotopic (exact) mass is 560 g/mol. The fraction of sp³-hybridized carbons (Fsp3) is 0.387. The lowest BCUT2D eigenvalue weighted by Crippen LogP contribution is -2.49. The van der Waals surface area contributed by atoms with Crippen LogP contribution in [-0.4, -0.2) is 55.4 Å². The minimum Gasteiger partial charge on any atom is -0.493 e. The van der Waals surface area contributed by atoms with Gasteiger partial charge in [0.2, 0.25) is 0 Å². The van der Waals surface area contributed by atoms with E-state index in [0.29, 0.717) is 48.9 Å². The predicted molar refractivity (Wildman–Crippen MR) is 161 cm³/mol. The minimum atomic E-state index is -2.06. The maximum atomic E-state index is 14.0. The highest BCUT2D eigenvalue weighted by molar-refractivity contribution is 6.74. The number of carbonyl (C=O) groups is 1. The zero-order valence-corrected chi connectivity index (χ0v) is 25.3. The van der Waals surface area contributed by atoms with Crippen LogP contribution in [-0.2, 0) is 11.0 Å². The number of hydrogen-bond donors (Lipinski definition) is 1. The fourth-order valence-electron chi connectivity index (χ4n) is 4.34. The zero-order valence-electron chi connectivity index (χ0n) is 24.3. The molecule has 0 fully saturated rings. The molecule has 1 aliphatic heterocycles. The van der Waals surface area contributed by atoms with Crippen LogP contribution in [0, 0.1) is 0 Å². The van der Waals surface area contributed by atoms with Crippen molar-refractivity contribution in [2.24, 2.45) is 0 Å². The number of amides is 1. The molecule has 0 unspecified atom stereocenters. The number of aromatic nitrogens is 2. The average molecular weight is 561 g/mol. The van der Waals surface area contributed by atoms with Crippen LogP contribution in [0.4, 0.5) is 5.69 Å². The quantitative estimate of drug-likeness (QED) is 0.254. The average Bonchev–Trinajstić information content (AvgIpc) is 2.95. The lowest BCUT2D eigenvalue weighted by molar-refractivity contribution is 0.0655. The molecule has 2 N–H and O–H groups in total. The molecule has 1 aliphatic rings. The van der Waals surface area contributed by atoms with Crippen LogP contribution in [0.25, 0.3) is 5.57 Å². The van der Waals surface area contributed by atoms with Crippen LogP contribution < -0.4 is 15.2 Å². The molecular formula is C31H40N4O4Si. The molecule has 3 aromatic rings. The van der Waals surface area contributed by atoms with E-state index in [4.69, 9.17) is 19.6 Å². The van der Waals surface area contributed by atoms with E-state index < -0.39 is 8.32 Å². The first-order chi connectivity index (χ1) is 19.0. The third kappa shape index (κ3) is 6.71. The Labute approximate surface area is 238 Å². The Kier molecular flexibility index (Phi) is 8.95. The van der Waals surface area contributed by atoms with Crippen LogP contribution in [0.5, 0.6) is 11.5 Å². The first-order valence-electron chi connectivity index (χ1n) is 13.6. The molecular weight excluding hydrogens is 520 g/mol. The number of nitrogen functional groups attached to an aromatic ring is 1. The second kappa shape index (κ2) is 12.2. The summed E-state index contributed by atoms with van der Waals surface area (Å²) in [6.45, 7) is 12.3. The summed E-state index contributed by atoms with van der Waals surface area (Å²) >= 11 is 0. The number of methoxy groups -OCH3 is 1. The third-order valence-electron chi connectivity index (χ3n) is 7.83. The minimum absolute atomic E-state index is 0.0453. The smallest absolute Gasteiger partial charge is 0.256 e. The van der Waals surface area contributed by atoms with Crippen molar-refractivity contribution in [1.82, 2.24) is 14.9 Å². The largest absolute Gasteiger partial charge is 0.493 e. The third-order valence-corrected chi connectivity index (χ3v) is 12.3. The summed E-state index contributed by atoms with van der Waals surface area (Å²) in [7, 11) is -0.499. The number of benzene rings is 2. The molecule has 212 valence electrons. The SMILES string of the molecule is COc1cc(C(=O)N2CCC(c3cncnc3)=C[C@H]2CO[Si](C)(C)C(C)(C)C)c(N)cc1OCc1ccccc1. The van der Waals surface area contributed by atoms with E-state index in [9.17, 15) is 4.79 Å². The Bertz CT molecular complexity index is 1340. The number of carbonyl (C=O) groups excluding carboxylic acids is 1. The molecule has 0 radical (unpaired) electrons. The Balaban J connectivity index is 1.61. The number of nitrogens with zero attached hydrogens (tertiary/aromatic N) is 3. The van der Waals surface area contributed by atoms with E-state index in [1.54, 1.807) is 31.6 Å². The van der Waals surface area contributed by atoms with Crippen LogP contribution in [0.3, 0.4) is 0 Å². The molecule has 40 heavy (non-hydrogen) atoms. The van der Waals surface area contributed by atoms with Gasteiger partial charge in [-0.3, -0.25) is 4.79 Å². The van der Waals surface area contributed by atoms with Gasteiger partial charge >= 0.3 is 0 Å². The van der Waals surface area contributed by atoms with Gasteiger partial charge in [-0.05, 0) is 41.8 Å². The zero-order chi connectivity index (χ0) is 28.9. The fourth-order valence-corrected chi connectivity index (χ4v) is 5.36. The lowest BCUT2D eigenvalue weighted by atomic mass is 9.97. The van der Waals surface area contributed by atoms with Crippen LogP contribution in [0.2, 0.25) is 18.1 Å². The van der Waals surface area contributed by atoms with Crippen molar-refractivity contribution >= 4 is 25.5 Å². The molecule has 0 aliphatic carbocycles.